The summed E-state index contributed by atoms with van der Waals surface area (Å²) < 4.78 is 6.23. The summed E-state index contributed by atoms with van der Waals surface area (Å²) in [5.74, 6) is 0.835. The molecule has 0 amide bonds. The SMILES string of the molecule is C[C@@H]1CC2[C@@H]3CCC4=CC(=O)C=C[C@]4(C)C3[C@@H](O)C[C@@]23O[C@]13C(=O)CN. The number of hydrogen-bond acceptors (Lipinski definition) is 5. The van der Waals surface area contributed by atoms with Crippen LogP contribution in [0.1, 0.15) is 39.5 Å². The van der Waals surface area contributed by atoms with Crippen LogP contribution in [0.4, 0.5) is 0 Å². The molecule has 5 nitrogen and oxygen atoms in total. The van der Waals surface area contributed by atoms with E-state index in [1.54, 1.807) is 12.2 Å². The molecule has 1 saturated heterocycles. The summed E-state index contributed by atoms with van der Waals surface area (Å²) in [6.45, 7) is 4.25. The van der Waals surface area contributed by atoms with Gasteiger partial charge in [-0.1, -0.05) is 25.5 Å². The quantitative estimate of drug-likeness (QED) is 0.731. The largest absolute Gasteiger partial charge is 0.393 e. The number of nitrogens with two attached hydrogens (primary N) is 1. The molecule has 3 N–H and O–H groups in total. The van der Waals surface area contributed by atoms with Gasteiger partial charge in [0.15, 0.2) is 17.2 Å². The van der Waals surface area contributed by atoms with Gasteiger partial charge in [-0.3, -0.25) is 9.59 Å². The summed E-state index contributed by atoms with van der Waals surface area (Å²) in [6, 6.07) is 0. The number of carbonyl (C=O) groups is 2. The second-order valence-electron chi connectivity index (χ2n) is 9.29. The number of aliphatic hydroxyl groups excluding tert-OH is 1. The van der Waals surface area contributed by atoms with E-state index in [1.807, 2.05) is 6.08 Å². The molecule has 5 aliphatic rings. The molecular formula is C21H27NO4. The van der Waals surface area contributed by atoms with Gasteiger partial charge in [0.25, 0.3) is 0 Å². The van der Waals surface area contributed by atoms with Crippen LogP contribution in [0, 0.1) is 29.1 Å². The maximum Gasteiger partial charge on any atom is 0.181 e. The van der Waals surface area contributed by atoms with Crippen molar-refractivity contribution in [3.05, 3.63) is 23.8 Å². The molecule has 26 heavy (non-hydrogen) atoms. The molecule has 1 aliphatic heterocycles. The summed E-state index contributed by atoms with van der Waals surface area (Å²) in [5, 5.41) is 11.2. The molecule has 4 aliphatic carbocycles. The van der Waals surface area contributed by atoms with Gasteiger partial charge < -0.3 is 15.6 Å². The third-order valence-corrected chi connectivity index (χ3v) is 8.38. The molecule has 1 heterocycles. The van der Waals surface area contributed by atoms with Crippen molar-refractivity contribution in [3.63, 3.8) is 0 Å². The normalized spacial score (nSPS) is 53.9. The predicted molar refractivity (Wildman–Crippen MR) is 95.1 cm³/mol. The maximum absolute atomic E-state index is 12.6. The average molecular weight is 357 g/mol. The Hall–Kier alpha value is -1.30. The van der Waals surface area contributed by atoms with Gasteiger partial charge in [0.2, 0.25) is 0 Å². The molecule has 2 unspecified atom stereocenters. The summed E-state index contributed by atoms with van der Waals surface area (Å²) in [5.41, 5.74) is 5.27. The molecule has 0 bridgehead atoms. The van der Waals surface area contributed by atoms with Gasteiger partial charge in [0, 0.05) is 17.8 Å². The number of fused-ring (bicyclic) bond motifs is 4. The van der Waals surface area contributed by atoms with E-state index in [4.69, 9.17) is 10.5 Å². The van der Waals surface area contributed by atoms with Crippen LogP contribution in [-0.4, -0.2) is 40.5 Å². The molecular weight excluding hydrogens is 330 g/mol. The minimum absolute atomic E-state index is 0.00154. The molecule has 8 atom stereocenters. The summed E-state index contributed by atoms with van der Waals surface area (Å²) >= 11 is 0. The Morgan fingerprint density at radius 2 is 2.23 bits per heavy atom. The van der Waals surface area contributed by atoms with Crippen LogP contribution in [0.3, 0.4) is 0 Å². The van der Waals surface area contributed by atoms with Gasteiger partial charge in [0.05, 0.1) is 12.6 Å². The fraction of sp³-hybridized carbons (Fsp3) is 0.714. The van der Waals surface area contributed by atoms with E-state index in [1.165, 1.54) is 0 Å². The van der Waals surface area contributed by atoms with E-state index >= 15 is 0 Å². The number of ether oxygens (including phenoxy) is 1. The minimum Gasteiger partial charge on any atom is -0.393 e. The van der Waals surface area contributed by atoms with Crippen LogP contribution in [0.5, 0.6) is 0 Å². The number of hydrogen-bond donors (Lipinski definition) is 2. The average Bonchev–Trinajstić information content (AvgIpc) is 3.20. The second kappa shape index (κ2) is 4.94. The Labute approximate surface area is 153 Å². The van der Waals surface area contributed by atoms with E-state index in [2.05, 4.69) is 13.8 Å². The van der Waals surface area contributed by atoms with Crippen molar-refractivity contribution >= 4 is 11.6 Å². The number of carbonyl (C=O) groups excluding carboxylic acids is 2. The van der Waals surface area contributed by atoms with Gasteiger partial charge in [-0.2, -0.15) is 0 Å². The number of ketones is 2. The lowest BCUT2D eigenvalue weighted by Crippen LogP contribution is -2.56. The Morgan fingerprint density at radius 3 is 2.96 bits per heavy atom. The highest BCUT2D eigenvalue weighted by molar-refractivity contribution is 6.01. The van der Waals surface area contributed by atoms with Crippen molar-refractivity contribution in [2.75, 3.05) is 6.54 Å². The molecule has 5 heteroatoms. The first kappa shape index (κ1) is 16.8. The number of rotatable bonds is 2. The smallest absolute Gasteiger partial charge is 0.181 e. The van der Waals surface area contributed by atoms with Gasteiger partial charge in [-0.25, -0.2) is 0 Å². The van der Waals surface area contributed by atoms with E-state index in [9.17, 15) is 14.7 Å². The monoisotopic (exact) mass is 357 g/mol. The van der Waals surface area contributed by atoms with Crippen LogP contribution in [0.25, 0.3) is 0 Å². The molecule has 5 rings (SSSR count). The molecule has 1 spiro atoms. The highest BCUT2D eigenvalue weighted by atomic mass is 16.6. The molecule has 4 fully saturated rings. The first-order valence-electron chi connectivity index (χ1n) is 9.86. The van der Waals surface area contributed by atoms with E-state index in [0.717, 1.165) is 24.8 Å². The zero-order chi connectivity index (χ0) is 18.5. The van der Waals surface area contributed by atoms with Crippen LogP contribution < -0.4 is 5.73 Å². The number of allylic oxidation sites excluding steroid dienone is 4. The van der Waals surface area contributed by atoms with Gasteiger partial charge in [0.1, 0.15) is 5.60 Å². The number of aliphatic hydroxyl groups is 1. The van der Waals surface area contributed by atoms with Crippen LogP contribution in [0.2, 0.25) is 0 Å². The minimum atomic E-state index is -0.770. The van der Waals surface area contributed by atoms with Gasteiger partial charge >= 0.3 is 0 Å². The molecule has 0 aromatic carbocycles. The lowest BCUT2D eigenvalue weighted by atomic mass is 9.49. The Bertz CT molecular complexity index is 772. The zero-order valence-corrected chi connectivity index (χ0v) is 15.4. The first-order valence-corrected chi connectivity index (χ1v) is 9.86. The number of epoxide rings is 1. The van der Waals surface area contributed by atoms with Crippen molar-refractivity contribution in [2.45, 2.75) is 56.8 Å². The zero-order valence-electron chi connectivity index (χ0n) is 15.4. The van der Waals surface area contributed by atoms with E-state index < -0.39 is 17.3 Å². The molecule has 3 saturated carbocycles. The molecule has 0 aromatic rings. The van der Waals surface area contributed by atoms with Crippen molar-refractivity contribution < 1.29 is 19.4 Å². The Morgan fingerprint density at radius 1 is 1.46 bits per heavy atom. The standard InChI is InChI=1S/C21H27NO4/c1-11-7-15-14-4-3-12-8-13(23)5-6-19(12,2)18(14)16(24)9-20(15)21(11,26-20)17(25)10-22/h5-6,8,11,14-16,18,24H,3-4,7,9-10,22H2,1-2H3/t11-,14+,15?,16+,18?,19+,20-,21+/m1/s1. The second-order valence-corrected chi connectivity index (χ2v) is 9.29. The number of Topliss-reactive ketones (excluding diaryl/α,β-unsaturated/α-hetero) is 1. The van der Waals surface area contributed by atoms with Crippen LogP contribution in [-0.2, 0) is 14.3 Å². The van der Waals surface area contributed by atoms with Crippen molar-refractivity contribution in [1.82, 2.24) is 0 Å². The fourth-order valence-corrected chi connectivity index (χ4v) is 7.38. The Balaban J connectivity index is 1.55. The topological polar surface area (TPSA) is 92.9 Å². The summed E-state index contributed by atoms with van der Waals surface area (Å²) in [4.78, 5) is 24.5. The third kappa shape index (κ3) is 1.68. The first-order chi connectivity index (χ1) is 12.3. The van der Waals surface area contributed by atoms with Crippen LogP contribution >= 0.6 is 0 Å². The van der Waals surface area contributed by atoms with Crippen molar-refractivity contribution in [2.24, 2.45) is 34.8 Å². The van der Waals surface area contributed by atoms with E-state index in [0.29, 0.717) is 12.3 Å². The molecule has 140 valence electrons. The lowest BCUT2D eigenvalue weighted by Gasteiger charge is -2.55. The highest BCUT2D eigenvalue weighted by Gasteiger charge is 2.85. The van der Waals surface area contributed by atoms with Gasteiger partial charge in [-0.05, 0) is 49.2 Å². The van der Waals surface area contributed by atoms with Crippen molar-refractivity contribution in [1.29, 1.82) is 0 Å². The summed E-state index contributed by atoms with van der Waals surface area (Å²) in [6.07, 6.45) is 8.15. The van der Waals surface area contributed by atoms with Gasteiger partial charge in [-0.15, -0.1) is 0 Å². The van der Waals surface area contributed by atoms with Crippen molar-refractivity contribution in [3.8, 4) is 0 Å². The highest BCUT2D eigenvalue weighted by Crippen LogP contribution is 2.74. The fourth-order valence-electron chi connectivity index (χ4n) is 7.38. The summed E-state index contributed by atoms with van der Waals surface area (Å²) in [7, 11) is 0. The molecule has 0 aromatic heterocycles. The van der Waals surface area contributed by atoms with Crippen LogP contribution in [0.15, 0.2) is 23.8 Å². The molecule has 0 radical (unpaired) electrons. The maximum atomic E-state index is 12.6. The lowest BCUT2D eigenvalue weighted by molar-refractivity contribution is -0.124. The van der Waals surface area contributed by atoms with E-state index in [-0.39, 0.29) is 41.3 Å². The Kier molecular flexibility index (Phi) is 3.20. The third-order valence-electron chi connectivity index (χ3n) is 8.38. The predicted octanol–water partition coefficient (Wildman–Crippen LogP) is 1.54.